The molecule has 0 aromatic rings. The van der Waals surface area contributed by atoms with Crippen LogP contribution < -0.4 is 0 Å². The van der Waals surface area contributed by atoms with Gasteiger partial charge < -0.3 is 14.7 Å². The van der Waals surface area contributed by atoms with Crippen molar-refractivity contribution in [2.24, 2.45) is 5.92 Å². The van der Waals surface area contributed by atoms with E-state index in [2.05, 4.69) is 6.92 Å². The molecule has 1 N–H and O–H groups in total. The molecule has 5 nitrogen and oxygen atoms in total. The van der Waals surface area contributed by atoms with Crippen LogP contribution in [0.5, 0.6) is 0 Å². The van der Waals surface area contributed by atoms with Gasteiger partial charge in [-0.2, -0.15) is 0 Å². The first-order chi connectivity index (χ1) is 8.76. The SMILES string of the molecule is CC1CCCCC1OCC(=O)N(C)C(C)(C)C(=O)O. The predicted octanol–water partition coefficient (Wildman–Crippen LogP) is 1.90. The molecule has 1 fully saturated rings. The Kier molecular flexibility index (Phi) is 5.35. The number of rotatable bonds is 5. The smallest absolute Gasteiger partial charge is 0.329 e. The highest BCUT2D eigenvalue weighted by molar-refractivity contribution is 5.86. The lowest BCUT2D eigenvalue weighted by Gasteiger charge is -2.33. The first-order valence-corrected chi connectivity index (χ1v) is 6.88. The van der Waals surface area contributed by atoms with Crippen LogP contribution in [0, 0.1) is 5.92 Å². The van der Waals surface area contributed by atoms with Gasteiger partial charge in [-0.05, 0) is 32.6 Å². The van der Waals surface area contributed by atoms with Crippen LogP contribution in [0.1, 0.15) is 46.5 Å². The molecule has 0 aromatic heterocycles. The second-order valence-corrected chi connectivity index (χ2v) is 5.93. The van der Waals surface area contributed by atoms with Gasteiger partial charge in [-0.3, -0.25) is 4.79 Å². The monoisotopic (exact) mass is 271 g/mol. The second-order valence-electron chi connectivity index (χ2n) is 5.93. The molecule has 1 aliphatic carbocycles. The van der Waals surface area contributed by atoms with E-state index in [1.165, 1.54) is 32.2 Å². The summed E-state index contributed by atoms with van der Waals surface area (Å²) in [4.78, 5) is 24.3. The lowest BCUT2D eigenvalue weighted by molar-refractivity contribution is -0.158. The van der Waals surface area contributed by atoms with Gasteiger partial charge in [0, 0.05) is 7.05 Å². The molecule has 110 valence electrons. The predicted molar refractivity (Wildman–Crippen MR) is 71.9 cm³/mol. The van der Waals surface area contributed by atoms with Crippen molar-refractivity contribution in [3.63, 3.8) is 0 Å². The fourth-order valence-corrected chi connectivity index (χ4v) is 2.26. The van der Waals surface area contributed by atoms with Crippen LogP contribution in [0.25, 0.3) is 0 Å². The molecule has 0 saturated heterocycles. The Morgan fingerprint density at radius 2 is 1.89 bits per heavy atom. The van der Waals surface area contributed by atoms with E-state index in [1.54, 1.807) is 0 Å². The van der Waals surface area contributed by atoms with Crippen molar-refractivity contribution in [3.05, 3.63) is 0 Å². The van der Waals surface area contributed by atoms with Crippen LogP contribution in [0.2, 0.25) is 0 Å². The number of ether oxygens (including phenoxy) is 1. The average Bonchev–Trinajstić information content (AvgIpc) is 2.36. The Balaban J connectivity index is 2.48. The maximum atomic E-state index is 12.0. The maximum Gasteiger partial charge on any atom is 0.329 e. The Labute approximate surface area is 114 Å². The zero-order chi connectivity index (χ0) is 14.6. The molecule has 0 radical (unpaired) electrons. The molecule has 1 aliphatic rings. The Bertz CT molecular complexity index is 340. The molecule has 19 heavy (non-hydrogen) atoms. The number of carbonyl (C=O) groups is 2. The molecular formula is C14H25NO4. The second kappa shape index (κ2) is 6.37. The van der Waals surface area contributed by atoms with Gasteiger partial charge in [-0.25, -0.2) is 4.79 Å². The van der Waals surface area contributed by atoms with E-state index in [0.717, 1.165) is 19.3 Å². The van der Waals surface area contributed by atoms with Crippen LogP contribution in [0.4, 0.5) is 0 Å². The molecule has 1 rings (SSSR count). The molecule has 1 saturated carbocycles. The van der Waals surface area contributed by atoms with E-state index < -0.39 is 11.5 Å². The quantitative estimate of drug-likeness (QED) is 0.829. The Morgan fingerprint density at radius 3 is 2.42 bits per heavy atom. The minimum Gasteiger partial charge on any atom is -0.480 e. The van der Waals surface area contributed by atoms with Crippen LogP contribution in [-0.4, -0.2) is 47.2 Å². The third-order valence-corrected chi connectivity index (χ3v) is 4.19. The van der Waals surface area contributed by atoms with E-state index in [-0.39, 0.29) is 18.6 Å². The van der Waals surface area contributed by atoms with E-state index in [9.17, 15) is 9.59 Å². The summed E-state index contributed by atoms with van der Waals surface area (Å²) in [5.41, 5.74) is -1.21. The van der Waals surface area contributed by atoms with E-state index in [0.29, 0.717) is 5.92 Å². The highest BCUT2D eigenvalue weighted by atomic mass is 16.5. The molecule has 2 atom stereocenters. The number of carboxylic acid groups (broad SMARTS) is 1. The minimum absolute atomic E-state index is 0.0395. The number of hydrogen-bond acceptors (Lipinski definition) is 3. The van der Waals surface area contributed by atoms with Gasteiger partial charge in [0.2, 0.25) is 5.91 Å². The summed E-state index contributed by atoms with van der Waals surface area (Å²) in [5, 5.41) is 9.08. The van der Waals surface area contributed by atoms with Crippen molar-refractivity contribution in [1.82, 2.24) is 4.90 Å². The highest BCUT2D eigenvalue weighted by Gasteiger charge is 2.35. The first-order valence-electron chi connectivity index (χ1n) is 6.88. The number of likely N-dealkylation sites (N-methyl/N-ethyl adjacent to an activating group) is 1. The van der Waals surface area contributed by atoms with Gasteiger partial charge in [0.1, 0.15) is 12.1 Å². The molecule has 0 bridgehead atoms. The third kappa shape index (κ3) is 3.93. The highest BCUT2D eigenvalue weighted by Crippen LogP contribution is 2.26. The zero-order valence-electron chi connectivity index (χ0n) is 12.3. The normalized spacial score (nSPS) is 24.0. The number of hydrogen-bond donors (Lipinski definition) is 1. The standard InChI is InChI=1S/C14H25NO4/c1-10-7-5-6-8-11(10)19-9-12(16)15(4)14(2,3)13(17)18/h10-11H,5-9H2,1-4H3,(H,17,18). The van der Waals surface area contributed by atoms with Gasteiger partial charge in [0.15, 0.2) is 0 Å². The van der Waals surface area contributed by atoms with Crippen molar-refractivity contribution < 1.29 is 19.4 Å². The summed E-state index contributed by atoms with van der Waals surface area (Å²) < 4.78 is 5.67. The fraction of sp³-hybridized carbons (Fsp3) is 0.857. The van der Waals surface area contributed by atoms with Gasteiger partial charge in [-0.15, -0.1) is 0 Å². The largest absolute Gasteiger partial charge is 0.480 e. The maximum absolute atomic E-state index is 12.0. The molecule has 2 unspecified atom stereocenters. The molecular weight excluding hydrogens is 246 g/mol. The number of aliphatic carboxylic acids is 1. The summed E-state index contributed by atoms with van der Waals surface area (Å²) in [6.07, 6.45) is 4.61. The van der Waals surface area contributed by atoms with Crippen LogP contribution >= 0.6 is 0 Å². The summed E-state index contributed by atoms with van der Waals surface area (Å²) >= 11 is 0. The zero-order valence-corrected chi connectivity index (χ0v) is 12.3. The molecule has 0 aromatic carbocycles. The average molecular weight is 271 g/mol. The number of carboxylic acids is 1. The first kappa shape index (κ1) is 16.0. The van der Waals surface area contributed by atoms with Crippen LogP contribution in [0.15, 0.2) is 0 Å². The fourth-order valence-electron chi connectivity index (χ4n) is 2.26. The number of carbonyl (C=O) groups excluding carboxylic acids is 1. The molecule has 0 aliphatic heterocycles. The third-order valence-electron chi connectivity index (χ3n) is 4.19. The van der Waals surface area contributed by atoms with Gasteiger partial charge in [0.05, 0.1) is 6.10 Å². The van der Waals surface area contributed by atoms with Crippen molar-refractivity contribution in [1.29, 1.82) is 0 Å². The van der Waals surface area contributed by atoms with Crippen LogP contribution in [-0.2, 0) is 14.3 Å². The number of nitrogens with zero attached hydrogens (tertiary/aromatic N) is 1. The lowest BCUT2D eigenvalue weighted by atomic mass is 9.88. The summed E-state index contributed by atoms with van der Waals surface area (Å²) in [5.74, 6) is -0.834. The van der Waals surface area contributed by atoms with Crippen LogP contribution in [0.3, 0.4) is 0 Å². The molecule has 1 amide bonds. The Morgan fingerprint density at radius 1 is 1.32 bits per heavy atom. The topological polar surface area (TPSA) is 66.8 Å². The van der Waals surface area contributed by atoms with Crippen molar-refractivity contribution in [2.75, 3.05) is 13.7 Å². The summed E-state index contributed by atoms with van der Waals surface area (Å²) in [6.45, 7) is 5.12. The van der Waals surface area contributed by atoms with E-state index in [4.69, 9.17) is 9.84 Å². The molecule has 5 heteroatoms. The van der Waals surface area contributed by atoms with Crippen molar-refractivity contribution in [2.45, 2.75) is 58.1 Å². The van der Waals surface area contributed by atoms with E-state index >= 15 is 0 Å². The Hall–Kier alpha value is -1.10. The van der Waals surface area contributed by atoms with Gasteiger partial charge >= 0.3 is 5.97 Å². The van der Waals surface area contributed by atoms with Crippen molar-refractivity contribution >= 4 is 11.9 Å². The lowest BCUT2D eigenvalue weighted by Crippen LogP contribution is -2.52. The van der Waals surface area contributed by atoms with Gasteiger partial charge in [0.25, 0.3) is 0 Å². The van der Waals surface area contributed by atoms with E-state index in [1.807, 2.05) is 0 Å². The van der Waals surface area contributed by atoms with Crippen molar-refractivity contribution in [3.8, 4) is 0 Å². The molecule has 0 heterocycles. The van der Waals surface area contributed by atoms with Gasteiger partial charge in [-0.1, -0.05) is 19.8 Å². The summed E-state index contributed by atoms with van der Waals surface area (Å²) in [6, 6.07) is 0. The number of amides is 1. The molecule has 0 spiro atoms. The minimum atomic E-state index is -1.21. The summed E-state index contributed by atoms with van der Waals surface area (Å²) in [7, 11) is 1.50.